The molecule has 1 unspecified atom stereocenters. The minimum absolute atomic E-state index is 0.0868. The van der Waals surface area contributed by atoms with Gasteiger partial charge in [-0.25, -0.2) is 0 Å². The Bertz CT molecular complexity index is 416. The van der Waals surface area contributed by atoms with Crippen LogP contribution in [0.2, 0.25) is 0 Å². The summed E-state index contributed by atoms with van der Waals surface area (Å²) in [5.74, 6) is -0.111. The molecule has 1 amide bonds. The first-order valence-electron chi connectivity index (χ1n) is 4.89. The molecule has 0 fully saturated rings. The van der Waals surface area contributed by atoms with Gasteiger partial charge in [-0.1, -0.05) is 0 Å². The molecular weight excluding hydrogens is 192 g/mol. The average molecular weight is 206 g/mol. The maximum atomic E-state index is 11.8. The largest absolute Gasteiger partial charge is 0.396 e. The SMILES string of the molecule is Cc1ncc(N)c2c1C(=O)NC(C)CN2. The fraction of sp³-hybridized carbons (Fsp3) is 0.400. The number of nitrogens with one attached hydrogen (secondary N) is 2. The van der Waals surface area contributed by atoms with Gasteiger partial charge in [0.05, 0.1) is 28.8 Å². The summed E-state index contributed by atoms with van der Waals surface area (Å²) >= 11 is 0. The van der Waals surface area contributed by atoms with Gasteiger partial charge >= 0.3 is 0 Å². The first-order valence-corrected chi connectivity index (χ1v) is 4.89. The molecule has 0 radical (unpaired) electrons. The highest BCUT2D eigenvalue weighted by molar-refractivity contribution is 6.03. The zero-order valence-corrected chi connectivity index (χ0v) is 8.79. The zero-order valence-electron chi connectivity index (χ0n) is 8.79. The summed E-state index contributed by atoms with van der Waals surface area (Å²) in [7, 11) is 0. The number of nitrogen functional groups attached to an aromatic ring is 1. The van der Waals surface area contributed by atoms with Crippen molar-refractivity contribution < 1.29 is 4.79 Å². The molecule has 1 aromatic heterocycles. The van der Waals surface area contributed by atoms with Gasteiger partial charge in [0.15, 0.2) is 0 Å². The normalized spacial score (nSPS) is 19.9. The second-order valence-electron chi connectivity index (χ2n) is 3.80. The standard InChI is InChI=1S/C10H14N4O/c1-5-3-13-9-7(11)4-12-6(2)8(9)10(15)14-5/h4-5,13H,3,11H2,1-2H3,(H,14,15). The summed E-state index contributed by atoms with van der Waals surface area (Å²) < 4.78 is 0. The fourth-order valence-electron chi connectivity index (χ4n) is 1.69. The molecule has 0 aromatic carbocycles. The van der Waals surface area contributed by atoms with E-state index in [9.17, 15) is 4.79 Å². The lowest BCUT2D eigenvalue weighted by Gasteiger charge is -2.10. The Morgan fingerprint density at radius 3 is 3.07 bits per heavy atom. The second kappa shape index (κ2) is 3.42. The van der Waals surface area contributed by atoms with Crippen LogP contribution in [0.15, 0.2) is 6.20 Å². The van der Waals surface area contributed by atoms with Crippen molar-refractivity contribution in [1.82, 2.24) is 10.3 Å². The van der Waals surface area contributed by atoms with Crippen LogP contribution in [0.4, 0.5) is 11.4 Å². The summed E-state index contributed by atoms with van der Waals surface area (Å²) in [6.45, 7) is 4.41. The van der Waals surface area contributed by atoms with Crippen LogP contribution < -0.4 is 16.4 Å². The van der Waals surface area contributed by atoms with E-state index < -0.39 is 0 Å². The molecule has 5 nitrogen and oxygen atoms in total. The van der Waals surface area contributed by atoms with Gasteiger partial charge in [-0.3, -0.25) is 9.78 Å². The van der Waals surface area contributed by atoms with Gasteiger partial charge in [-0.2, -0.15) is 0 Å². The second-order valence-corrected chi connectivity index (χ2v) is 3.80. The van der Waals surface area contributed by atoms with Crippen molar-refractivity contribution in [2.45, 2.75) is 19.9 Å². The molecule has 1 aromatic rings. The van der Waals surface area contributed by atoms with Crippen LogP contribution in [0.1, 0.15) is 23.0 Å². The Labute approximate surface area is 88.1 Å². The number of carbonyl (C=O) groups is 1. The maximum Gasteiger partial charge on any atom is 0.255 e. The summed E-state index contributed by atoms with van der Waals surface area (Å²) in [5.41, 5.74) is 8.24. The molecule has 0 aliphatic carbocycles. The van der Waals surface area contributed by atoms with E-state index in [1.807, 2.05) is 6.92 Å². The third-order valence-electron chi connectivity index (χ3n) is 2.49. The average Bonchev–Trinajstić information content (AvgIpc) is 2.32. The number of nitrogens with two attached hydrogens (primary N) is 1. The lowest BCUT2D eigenvalue weighted by atomic mass is 10.1. The molecule has 4 N–H and O–H groups in total. The minimum Gasteiger partial charge on any atom is -0.396 e. The number of nitrogens with zero attached hydrogens (tertiary/aromatic N) is 1. The van der Waals surface area contributed by atoms with Crippen molar-refractivity contribution in [3.8, 4) is 0 Å². The number of rotatable bonds is 0. The molecule has 5 heteroatoms. The van der Waals surface area contributed by atoms with Crippen LogP contribution in [0.5, 0.6) is 0 Å². The molecule has 0 bridgehead atoms. The Hall–Kier alpha value is -1.78. The van der Waals surface area contributed by atoms with E-state index in [-0.39, 0.29) is 11.9 Å². The number of anilines is 2. The topological polar surface area (TPSA) is 80.0 Å². The van der Waals surface area contributed by atoms with E-state index >= 15 is 0 Å². The monoisotopic (exact) mass is 206 g/mol. The number of amides is 1. The quantitative estimate of drug-likeness (QED) is 0.578. The smallest absolute Gasteiger partial charge is 0.255 e. The summed E-state index contributed by atoms with van der Waals surface area (Å²) in [6.07, 6.45) is 1.57. The van der Waals surface area contributed by atoms with E-state index in [0.717, 1.165) is 0 Å². The maximum absolute atomic E-state index is 11.8. The van der Waals surface area contributed by atoms with Crippen molar-refractivity contribution in [2.24, 2.45) is 0 Å². The van der Waals surface area contributed by atoms with Gasteiger partial charge in [-0.05, 0) is 13.8 Å². The van der Waals surface area contributed by atoms with Crippen LogP contribution >= 0.6 is 0 Å². The van der Waals surface area contributed by atoms with E-state index in [2.05, 4.69) is 15.6 Å². The highest BCUT2D eigenvalue weighted by atomic mass is 16.1. The van der Waals surface area contributed by atoms with Crippen LogP contribution in [0, 0.1) is 6.92 Å². The molecule has 2 heterocycles. The number of pyridine rings is 1. The number of hydrogen-bond donors (Lipinski definition) is 3. The number of aryl methyl sites for hydroxylation is 1. The first-order chi connectivity index (χ1) is 7.09. The highest BCUT2D eigenvalue weighted by Gasteiger charge is 2.22. The van der Waals surface area contributed by atoms with Crippen LogP contribution in [0.3, 0.4) is 0 Å². The van der Waals surface area contributed by atoms with Crippen molar-refractivity contribution in [3.05, 3.63) is 17.5 Å². The van der Waals surface area contributed by atoms with Crippen molar-refractivity contribution in [2.75, 3.05) is 17.6 Å². The molecule has 0 saturated heterocycles. The third-order valence-corrected chi connectivity index (χ3v) is 2.49. The molecular formula is C10H14N4O. The van der Waals surface area contributed by atoms with Gasteiger partial charge < -0.3 is 16.4 Å². The first kappa shape index (κ1) is 9.76. The predicted molar refractivity (Wildman–Crippen MR) is 58.8 cm³/mol. The molecule has 2 rings (SSSR count). The van der Waals surface area contributed by atoms with E-state index in [4.69, 9.17) is 5.73 Å². The third kappa shape index (κ3) is 1.60. The number of aromatic nitrogens is 1. The Balaban J connectivity index is 2.57. The van der Waals surface area contributed by atoms with E-state index in [1.165, 1.54) is 0 Å². The Kier molecular flexibility index (Phi) is 2.22. The number of fused-ring (bicyclic) bond motifs is 1. The van der Waals surface area contributed by atoms with Crippen LogP contribution in [0.25, 0.3) is 0 Å². The number of carbonyl (C=O) groups excluding carboxylic acids is 1. The van der Waals surface area contributed by atoms with Crippen molar-refractivity contribution in [3.63, 3.8) is 0 Å². The fourth-order valence-corrected chi connectivity index (χ4v) is 1.69. The molecule has 0 spiro atoms. The lowest BCUT2D eigenvalue weighted by Crippen LogP contribution is -2.34. The Morgan fingerprint density at radius 1 is 1.60 bits per heavy atom. The summed E-state index contributed by atoms with van der Waals surface area (Å²) in [6, 6.07) is 0.0868. The lowest BCUT2D eigenvalue weighted by molar-refractivity contribution is 0.0944. The van der Waals surface area contributed by atoms with Crippen LogP contribution in [-0.2, 0) is 0 Å². The molecule has 1 aliphatic rings. The van der Waals surface area contributed by atoms with E-state index in [1.54, 1.807) is 13.1 Å². The molecule has 15 heavy (non-hydrogen) atoms. The van der Waals surface area contributed by atoms with Crippen molar-refractivity contribution in [1.29, 1.82) is 0 Å². The van der Waals surface area contributed by atoms with Gasteiger partial charge in [0.1, 0.15) is 0 Å². The molecule has 1 aliphatic heterocycles. The molecule has 1 atom stereocenters. The Morgan fingerprint density at radius 2 is 2.33 bits per heavy atom. The van der Waals surface area contributed by atoms with Gasteiger partial charge in [0.25, 0.3) is 5.91 Å². The highest BCUT2D eigenvalue weighted by Crippen LogP contribution is 2.26. The predicted octanol–water partition coefficient (Wildman–Crippen LogP) is 0.516. The molecule has 80 valence electrons. The van der Waals surface area contributed by atoms with Crippen molar-refractivity contribution >= 4 is 17.3 Å². The van der Waals surface area contributed by atoms with E-state index in [0.29, 0.717) is 29.2 Å². The zero-order chi connectivity index (χ0) is 11.0. The summed E-state index contributed by atoms with van der Waals surface area (Å²) in [5, 5.41) is 6.04. The molecule has 0 saturated carbocycles. The number of hydrogen-bond acceptors (Lipinski definition) is 4. The summed E-state index contributed by atoms with van der Waals surface area (Å²) in [4.78, 5) is 15.9. The van der Waals surface area contributed by atoms with Gasteiger partial charge in [0.2, 0.25) is 0 Å². The van der Waals surface area contributed by atoms with Gasteiger partial charge in [0, 0.05) is 12.6 Å². The van der Waals surface area contributed by atoms with Crippen LogP contribution in [-0.4, -0.2) is 23.5 Å². The van der Waals surface area contributed by atoms with Gasteiger partial charge in [-0.15, -0.1) is 0 Å². The minimum atomic E-state index is -0.111.